The van der Waals surface area contributed by atoms with E-state index in [9.17, 15) is 0 Å². The van der Waals surface area contributed by atoms with Crippen molar-refractivity contribution in [2.75, 3.05) is 0 Å². The first-order chi connectivity index (χ1) is 13.2. The molecule has 0 radical (unpaired) electrons. The minimum atomic E-state index is 1.11. The zero-order valence-electron chi connectivity index (χ0n) is 18.2. The lowest BCUT2D eigenvalue weighted by atomic mass is 10.0. The molecule has 2 heteroatoms. The molecule has 0 aliphatic rings. The van der Waals surface area contributed by atoms with Gasteiger partial charge in [-0.1, -0.05) is 90.4 Å². The number of benzene rings is 1. The summed E-state index contributed by atoms with van der Waals surface area (Å²) in [6, 6.07) is 4.51. The lowest BCUT2D eigenvalue weighted by molar-refractivity contribution is 0.526. The molecule has 0 aliphatic carbocycles. The van der Waals surface area contributed by atoms with Gasteiger partial charge in [-0.25, -0.2) is 4.98 Å². The molecule has 0 saturated carbocycles. The minimum absolute atomic E-state index is 1.11. The number of rotatable bonds is 15. The van der Waals surface area contributed by atoms with Crippen molar-refractivity contribution in [3.05, 3.63) is 29.6 Å². The van der Waals surface area contributed by atoms with Crippen LogP contribution in [0.3, 0.4) is 0 Å². The van der Waals surface area contributed by atoms with Crippen molar-refractivity contribution in [1.82, 2.24) is 9.55 Å². The Balaban J connectivity index is 1.46. The fraction of sp³-hybridized carbons (Fsp3) is 0.720. The second-order valence-electron chi connectivity index (χ2n) is 8.46. The van der Waals surface area contributed by atoms with Crippen LogP contribution < -0.4 is 0 Å². The highest BCUT2D eigenvalue weighted by molar-refractivity contribution is 5.77. The third-order valence-corrected chi connectivity index (χ3v) is 5.99. The first-order valence-corrected chi connectivity index (χ1v) is 11.6. The summed E-state index contributed by atoms with van der Waals surface area (Å²) in [5.74, 6) is 0. The van der Waals surface area contributed by atoms with Crippen LogP contribution in [0, 0.1) is 13.8 Å². The van der Waals surface area contributed by atoms with E-state index in [-0.39, 0.29) is 0 Å². The van der Waals surface area contributed by atoms with Crippen LogP contribution in [0.25, 0.3) is 11.0 Å². The Morgan fingerprint density at radius 1 is 0.667 bits per heavy atom. The van der Waals surface area contributed by atoms with E-state index >= 15 is 0 Å². The van der Waals surface area contributed by atoms with Crippen LogP contribution >= 0.6 is 0 Å². The Morgan fingerprint density at radius 3 is 1.70 bits per heavy atom. The summed E-state index contributed by atoms with van der Waals surface area (Å²) in [5.41, 5.74) is 5.14. The van der Waals surface area contributed by atoms with Crippen LogP contribution in [0.15, 0.2) is 18.5 Å². The molecule has 2 nitrogen and oxygen atoms in total. The van der Waals surface area contributed by atoms with Gasteiger partial charge in [-0.3, -0.25) is 0 Å². The van der Waals surface area contributed by atoms with Gasteiger partial charge in [0.15, 0.2) is 0 Å². The molecule has 0 bridgehead atoms. The summed E-state index contributed by atoms with van der Waals surface area (Å²) in [6.07, 6.45) is 21.8. The number of fused-ring (bicyclic) bond motifs is 1. The van der Waals surface area contributed by atoms with Gasteiger partial charge in [0.25, 0.3) is 0 Å². The van der Waals surface area contributed by atoms with E-state index in [1.54, 1.807) is 0 Å². The van der Waals surface area contributed by atoms with Crippen molar-refractivity contribution in [3.8, 4) is 0 Å². The molecule has 1 heterocycles. The SMILES string of the molecule is CCCCCCCCCCCCCCCCn1cnc2cc(C)c(C)cc21. The third-order valence-electron chi connectivity index (χ3n) is 5.99. The highest BCUT2D eigenvalue weighted by Crippen LogP contribution is 2.19. The topological polar surface area (TPSA) is 17.8 Å². The molecule has 0 fully saturated rings. The average molecular weight is 371 g/mol. The van der Waals surface area contributed by atoms with E-state index in [1.165, 1.54) is 107 Å². The number of aromatic nitrogens is 2. The third kappa shape index (κ3) is 8.07. The maximum Gasteiger partial charge on any atom is 0.0958 e. The molecule has 1 aromatic carbocycles. The van der Waals surface area contributed by atoms with E-state index in [1.807, 2.05) is 6.33 Å². The van der Waals surface area contributed by atoms with E-state index < -0.39 is 0 Å². The van der Waals surface area contributed by atoms with Crippen molar-refractivity contribution < 1.29 is 0 Å². The zero-order chi connectivity index (χ0) is 19.3. The normalized spacial score (nSPS) is 11.5. The summed E-state index contributed by atoms with van der Waals surface area (Å²) < 4.78 is 2.34. The molecule has 152 valence electrons. The fourth-order valence-electron chi connectivity index (χ4n) is 3.97. The number of imidazole rings is 1. The van der Waals surface area contributed by atoms with Crippen LogP contribution in [0.4, 0.5) is 0 Å². The number of aryl methyl sites for hydroxylation is 3. The second-order valence-corrected chi connectivity index (χ2v) is 8.46. The average Bonchev–Trinajstić information content (AvgIpc) is 3.04. The fourth-order valence-corrected chi connectivity index (χ4v) is 3.97. The van der Waals surface area contributed by atoms with Gasteiger partial charge in [-0.2, -0.15) is 0 Å². The maximum atomic E-state index is 4.57. The van der Waals surface area contributed by atoms with Gasteiger partial charge in [0.1, 0.15) is 0 Å². The van der Waals surface area contributed by atoms with Gasteiger partial charge >= 0.3 is 0 Å². The van der Waals surface area contributed by atoms with Gasteiger partial charge in [0, 0.05) is 6.54 Å². The van der Waals surface area contributed by atoms with E-state index in [2.05, 4.69) is 42.5 Å². The Labute approximate surface area is 167 Å². The van der Waals surface area contributed by atoms with Crippen molar-refractivity contribution >= 4 is 11.0 Å². The number of hydrogen-bond acceptors (Lipinski definition) is 1. The predicted molar refractivity (Wildman–Crippen MR) is 120 cm³/mol. The van der Waals surface area contributed by atoms with Gasteiger partial charge in [-0.15, -0.1) is 0 Å². The second kappa shape index (κ2) is 13.0. The summed E-state index contributed by atoms with van der Waals surface area (Å²) in [4.78, 5) is 4.57. The molecular weight excluding hydrogens is 328 g/mol. The highest BCUT2D eigenvalue weighted by Gasteiger charge is 2.04. The van der Waals surface area contributed by atoms with Gasteiger partial charge in [0.2, 0.25) is 0 Å². The smallest absolute Gasteiger partial charge is 0.0958 e. The molecule has 2 aromatic rings. The molecule has 2 rings (SSSR count). The summed E-state index contributed by atoms with van der Waals surface area (Å²) in [7, 11) is 0. The summed E-state index contributed by atoms with van der Waals surface area (Å²) in [5, 5.41) is 0. The molecule has 1 aromatic heterocycles. The molecular formula is C25H42N2. The van der Waals surface area contributed by atoms with Crippen LogP contribution in [-0.4, -0.2) is 9.55 Å². The maximum absolute atomic E-state index is 4.57. The van der Waals surface area contributed by atoms with Crippen molar-refractivity contribution in [2.45, 2.75) is 117 Å². The molecule has 0 aliphatic heterocycles. The van der Waals surface area contributed by atoms with E-state index in [0.717, 1.165) is 12.1 Å². The van der Waals surface area contributed by atoms with E-state index in [4.69, 9.17) is 0 Å². The number of hydrogen-bond donors (Lipinski definition) is 0. The quantitative estimate of drug-likeness (QED) is 0.289. The standard InChI is InChI=1S/C25H42N2/c1-4-5-6-7-8-9-10-11-12-13-14-15-16-17-18-27-21-26-24-19-22(2)23(3)20-25(24)27/h19-21H,4-18H2,1-3H3. The van der Waals surface area contributed by atoms with Gasteiger partial charge < -0.3 is 4.57 Å². The Morgan fingerprint density at radius 2 is 1.15 bits per heavy atom. The predicted octanol–water partition coefficient (Wildman–Crippen LogP) is 8.13. The van der Waals surface area contributed by atoms with Crippen molar-refractivity contribution in [3.63, 3.8) is 0 Å². The Kier molecular flexibility index (Phi) is 10.6. The molecule has 27 heavy (non-hydrogen) atoms. The summed E-state index contributed by atoms with van der Waals surface area (Å²) in [6.45, 7) is 7.76. The Hall–Kier alpha value is -1.31. The van der Waals surface area contributed by atoms with Gasteiger partial charge in [-0.05, 0) is 43.5 Å². The van der Waals surface area contributed by atoms with Crippen LogP contribution in [0.2, 0.25) is 0 Å². The summed E-state index contributed by atoms with van der Waals surface area (Å²) >= 11 is 0. The lowest BCUT2D eigenvalue weighted by Gasteiger charge is -2.06. The van der Waals surface area contributed by atoms with Crippen LogP contribution in [0.1, 0.15) is 108 Å². The minimum Gasteiger partial charge on any atom is -0.331 e. The first-order valence-electron chi connectivity index (χ1n) is 11.6. The monoisotopic (exact) mass is 370 g/mol. The van der Waals surface area contributed by atoms with Crippen molar-refractivity contribution in [1.29, 1.82) is 0 Å². The molecule has 0 unspecified atom stereocenters. The lowest BCUT2D eigenvalue weighted by Crippen LogP contribution is -1.96. The largest absolute Gasteiger partial charge is 0.331 e. The molecule has 0 spiro atoms. The zero-order valence-corrected chi connectivity index (χ0v) is 18.2. The van der Waals surface area contributed by atoms with E-state index in [0.29, 0.717) is 0 Å². The Bertz CT molecular complexity index is 641. The van der Waals surface area contributed by atoms with Gasteiger partial charge in [0.05, 0.1) is 17.4 Å². The number of nitrogens with zero attached hydrogens (tertiary/aromatic N) is 2. The highest BCUT2D eigenvalue weighted by atomic mass is 15.0. The number of unbranched alkanes of at least 4 members (excludes halogenated alkanes) is 13. The first kappa shape index (κ1) is 22.0. The van der Waals surface area contributed by atoms with Crippen LogP contribution in [-0.2, 0) is 6.54 Å². The molecule has 0 atom stereocenters. The van der Waals surface area contributed by atoms with Crippen LogP contribution in [0.5, 0.6) is 0 Å². The molecule has 0 amide bonds. The molecule has 0 N–H and O–H groups in total. The molecule has 0 saturated heterocycles. The van der Waals surface area contributed by atoms with Crippen molar-refractivity contribution in [2.24, 2.45) is 0 Å².